The monoisotopic (exact) mass is 262 g/mol. The minimum Gasteiger partial charge on any atom is -0.480 e. The Morgan fingerprint density at radius 2 is 2.05 bits per heavy atom. The van der Waals surface area contributed by atoms with Crippen molar-refractivity contribution < 1.29 is 14.7 Å². The van der Waals surface area contributed by atoms with E-state index in [2.05, 4.69) is 5.32 Å². The largest absolute Gasteiger partial charge is 0.480 e. The van der Waals surface area contributed by atoms with Crippen LogP contribution in [-0.4, -0.2) is 41.0 Å². The number of carboxylic acids is 1. The van der Waals surface area contributed by atoms with Gasteiger partial charge in [0.05, 0.1) is 6.04 Å². The first kappa shape index (κ1) is 13.5. The van der Waals surface area contributed by atoms with Gasteiger partial charge in [-0.05, 0) is 24.5 Å². The summed E-state index contributed by atoms with van der Waals surface area (Å²) < 4.78 is 0. The van der Waals surface area contributed by atoms with Gasteiger partial charge in [-0.25, -0.2) is 0 Å². The number of likely N-dealkylation sites (N-methyl/N-ethyl adjacent to an activating group) is 1. The first-order valence-electron chi connectivity index (χ1n) is 6.42. The number of nitrogens with one attached hydrogen (secondary N) is 1. The number of carbonyl (C=O) groups excluding carboxylic acids is 1. The number of carboxylic acid groups (broad SMARTS) is 1. The number of fused-ring (bicyclic) bond motifs is 1. The first-order valence-corrected chi connectivity index (χ1v) is 6.42. The second kappa shape index (κ2) is 5.84. The molecule has 1 heterocycles. The van der Waals surface area contributed by atoms with Crippen molar-refractivity contribution in [3.8, 4) is 0 Å². The molecule has 1 aliphatic rings. The van der Waals surface area contributed by atoms with E-state index in [1.807, 2.05) is 24.3 Å². The van der Waals surface area contributed by atoms with Crippen molar-refractivity contribution in [3.63, 3.8) is 0 Å². The fourth-order valence-electron chi connectivity index (χ4n) is 2.36. The Hall–Kier alpha value is -1.88. The molecule has 1 amide bonds. The molecular formula is C14H18N2O3. The van der Waals surface area contributed by atoms with Gasteiger partial charge in [0.15, 0.2) is 0 Å². The van der Waals surface area contributed by atoms with Crippen molar-refractivity contribution in [2.75, 3.05) is 13.1 Å². The molecule has 0 aliphatic carbocycles. The third-order valence-corrected chi connectivity index (χ3v) is 3.40. The summed E-state index contributed by atoms with van der Waals surface area (Å²) in [5.74, 6) is -1.12. The van der Waals surface area contributed by atoms with Gasteiger partial charge in [-0.15, -0.1) is 0 Å². The fraction of sp³-hybridized carbons (Fsp3) is 0.429. The van der Waals surface area contributed by atoms with Crippen LogP contribution in [0.3, 0.4) is 0 Å². The highest BCUT2D eigenvalue weighted by atomic mass is 16.4. The second-order valence-corrected chi connectivity index (χ2v) is 4.65. The van der Waals surface area contributed by atoms with Crippen LogP contribution in [0.4, 0.5) is 0 Å². The molecule has 0 spiro atoms. The first-order chi connectivity index (χ1) is 9.11. The van der Waals surface area contributed by atoms with Gasteiger partial charge < -0.3 is 15.3 Å². The van der Waals surface area contributed by atoms with E-state index in [0.717, 1.165) is 5.56 Å². The van der Waals surface area contributed by atoms with Crippen LogP contribution in [0.1, 0.15) is 18.1 Å². The highest BCUT2D eigenvalue weighted by Gasteiger charge is 2.28. The number of hydrogen-bond donors (Lipinski definition) is 2. The molecule has 0 bridgehead atoms. The van der Waals surface area contributed by atoms with E-state index in [-0.39, 0.29) is 18.5 Å². The lowest BCUT2D eigenvalue weighted by atomic mass is 9.95. The van der Waals surface area contributed by atoms with Gasteiger partial charge in [0.1, 0.15) is 6.54 Å². The Labute approximate surface area is 112 Å². The predicted molar refractivity (Wildman–Crippen MR) is 70.7 cm³/mol. The summed E-state index contributed by atoms with van der Waals surface area (Å²) in [7, 11) is 0. The van der Waals surface area contributed by atoms with Crippen molar-refractivity contribution in [1.82, 2.24) is 10.2 Å². The van der Waals surface area contributed by atoms with E-state index in [1.54, 1.807) is 6.92 Å². The summed E-state index contributed by atoms with van der Waals surface area (Å²) >= 11 is 0. The number of rotatable bonds is 4. The number of hydrogen-bond acceptors (Lipinski definition) is 3. The van der Waals surface area contributed by atoms with Gasteiger partial charge >= 0.3 is 5.97 Å². The number of carbonyl (C=O) groups is 2. The maximum absolute atomic E-state index is 12.3. The highest BCUT2D eigenvalue weighted by Crippen LogP contribution is 2.17. The van der Waals surface area contributed by atoms with Gasteiger partial charge in [0, 0.05) is 13.1 Å². The maximum Gasteiger partial charge on any atom is 0.323 e. The molecular weight excluding hydrogens is 244 g/mol. The average Bonchev–Trinajstić information content (AvgIpc) is 2.43. The zero-order chi connectivity index (χ0) is 13.8. The molecule has 1 aliphatic heterocycles. The smallest absolute Gasteiger partial charge is 0.323 e. The quantitative estimate of drug-likeness (QED) is 0.835. The number of amides is 1. The molecule has 0 radical (unpaired) electrons. The van der Waals surface area contributed by atoms with Crippen LogP contribution < -0.4 is 5.32 Å². The molecule has 2 N–H and O–H groups in total. The normalized spacial score (nSPS) is 17.6. The fourth-order valence-corrected chi connectivity index (χ4v) is 2.36. The summed E-state index contributed by atoms with van der Waals surface area (Å²) in [4.78, 5) is 24.4. The van der Waals surface area contributed by atoms with Crippen LogP contribution in [0.2, 0.25) is 0 Å². The minimum absolute atomic E-state index is 0.139. The van der Waals surface area contributed by atoms with Crippen molar-refractivity contribution >= 4 is 11.9 Å². The predicted octanol–water partition coefficient (Wildman–Crippen LogP) is 0.634. The Morgan fingerprint density at radius 1 is 1.37 bits per heavy atom. The van der Waals surface area contributed by atoms with Crippen molar-refractivity contribution in [2.24, 2.45) is 0 Å². The van der Waals surface area contributed by atoms with Crippen molar-refractivity contribution in [2.45, 2.75) is 25.9 Å². The van der Waals surface area contributed by atoms with Crippen LogP contribution in [0.25, 0.3) is 0 Å². The van der Waals surface area contributed by atoms with Gasteiger partial charge in [-0.3, -0.25) is 9.59 Å². The lowest BCUT2D eigenvalue weighted by molar-refractivity contribution is -0.145. The SMILES string of the molecule is CCN(CC(=O)O)C(=O)[C@H]1Cc2ccccc2CN1. The summed E-state index contributed by atoms with van der Waals surface area (Å²) in [5, 5.41) is 12.0. The zero-order valence-electron chi connectivity index (χ0n) is 10.9. The molecule has 1 atom stereocenters. The summed E-state index contributed by atoms with van der Waals surface area (Å²) in [6.45, 7) is 2.61. The summed E-state index contributed by atoms with van der Waals surface area (Å²) in [6, 6.07) is 7.67. The molecule has 0 unspecified atom stereocenters. The van der Waals surface area contributed by atoms with E-state index in [1.165, 1.54) is 10.5 Å². The van der Waals surface area contributed by atoms with Crippen LogP contribution in [0.5, 0.6) is 0 Å². The molecule has 5 nitrogen and oxygen atoms in total. The second-order valence-electron chi connectivity index (χ2n) is 4.65. The van der Waals surface area contributed by atoms with E-state index in [9.17, 15) is 9.59 Å². The van der Waals surface area contributed by atoms with Crippen LogP contribution in [-0.2, 0) is 22.6 Å². The topological polar surface area (TPSA) is 69.6 Å². The summed E-state index contributed by atoms with van der Waals surface area (Å²) in [6.07, 6.45) is 0.616. The number of benzene rings is 1. The van der Waals surface area contributed by atoms with Crippen LogP contribution in [0.15, 0.2) is 24.3 Å². The Balaban J connectivity index is 2.07. The van der Waals surface area contributed by atoms with Crippen LogP contribution >= 0.6 is 0 Å². The molecule has 19 heavy (non-hydrogen) atoms. The van der Waals surface area contributed by atoms with Gasteiger partial charge in [0.2, 0.25) is 5.91 Å². The zero-order valence-corrected chi connectivity index (χ0v) is 10.9. The lowest BCUT2D eigenvalue weighted by Crippen LogP contribution is -2.50. The van der Waals surface area contributed by atoms with Crippen LogP contribution in [0, 0.1) is 0 Å². The number of nitrogens with zero attached hydrogens (tertiary/aromatic N) is 1. The van der Waals surface area contributed by atoms with Crippen molar-refractivity contribution in [1.29, 1.82) is 0 Å². The summed E-state index contributed by atoms with van der Waals surface area (Å²) in [5.41, 5.74) is 2.36. The maximum atomic E-state index is 12.3. The standard InChI is InChI=1S/C14H18N2O3/c1-2-16(9-13(17)18)14(19)12-7-10-5-3-4-6-11(10)8-15-12/h3-6,12,15H,2,7-9H2,1H3,(H,17,18)/t12-/m1/s1. The average molecular weight is 262 g/mol. The minimum atomic E-state index is -0.980. The van der Waals surface area contributed by atoms with Gasteiger partial charge in [0.25, 0.3) is 0 Å². The van der Waals surface area contributed by atoms with E-state index >= 15 is 0 Å². The Bertz CT molecular complexity index is 487. The highest BCUT2D eigenvalue weighted by molar-refractivity contribution is 5.85. The molecule has 5 heteroatoms. The lowest BCUT2D eigenvalue weighted by Gasteiger charge is -2.29. The van der Waals surface area contributed by atoms with E-state index in [4.69, 9.17) is 5.11 Å². The molecule has 0 saturated carbocycles. The van der Waals surface area contributed by atoms with Crippen molar-refractivity contribution in [3.05, 3.63) is 35.4 Å². The Morgan fingerprint density at radius 3 is 2.68 bits per heavy atom. The molecule has 1 aromatic carbocycles. The molecule has 102 valence electrons. The number of aliphatic carboxylic acids is 1. The molecule has 2 rings (SSSR count). The molecule has 0 saturated heterocycles. The van der Waals surface area contributed by atoms with E-state index in [0.29, 0.717) is 19.5 Å². The molecule has 0 fully saturated rings. The van der Waals surface area contributed by atoms with Gasteiger partial charge in [-0.2, -0.15) is 0 Å². The Kier molecular flexibility index (Phi) is 4.16. The molecule has 0 aromatic heterocycles. The third kappa shape index (κ3) is 3.12. The third-order valence-electron chi connectivity index (χ3n) is 3.40. The molecule has 1 aromatic rings. The van der Waals surface area contributed by atoms with E-state index < -0.39 is 5.97 Å². The van der Waals surface area contributed by atoms with Gasteiger partial charge in [-0.1, -0.05) is 24.3 Å².